The second-order valence-electron chi connectivity index (χ2n) is 4.79. The molecule has 0 amide bonds. The molecule has 0 unspecified atom stereocenters. The zero-order valence-corrected chi connectivity index (χ0v) is 10.6. The lowest BCUT2D eigenvalue weighted by molar-refractivity contribution is 0.548. The molecule has 4 N–H and O–H groups in total. The van der Waals surface area contributed by atoms with Gasteiger partial charge < -0.3 is 11.5 Å². The third kappa shape index (κ3) is 4.26. The standard InChI is InChI=1S/C13H20N4/c1-10(16-17-12(14)15)9-13(2,3)11-7-5-4-6-8-11/h4-8H,9H2,1-3H3,(H4,14,15,17)/b16-10-. The Morgan fingerprint density at radius 1 is 1.12 bits per heavy atom. The highest BCUT2D eigenvalue weighted by Crippen LogP contribution is 2.27. The van der Waals surface area contributed by atoms with Crippen molar-refractivity contribution in [2.24, 2.45) is 21.7 Å². The fraction of sp³-hybridized carbons (Fsp3) is 0.385. The molecule has 1 aromatic carbocycles. The number of hydrogen-bond donors (Lipinski definition) is 2. The first-order valence-corrected chi connectivity index (χ1v) is 5.59. The Hall–Kier alpha value is -1.84. The summed E-state index contributed by atoms with van der Waals surface area (Å²) in [4.78, 5) is 0. The molecule has 92 valence electrons. The third-order valence-corrected chi connectivity index (χ3v) is 2.59. The number of nitrogens with zero attached hydrogens (tertiary/aromatic N) is 2. The van der Waals surface area contributed by atoms with Crippen molar-refractivity contribution < 1.29 is 0 Å². The SMILES string of the molecule is C/C(CC(C)(C)c1ccccc1)=N/N=C(N)N. The number of guanidine groups is 1. The average molecular weight is 232 g/mol. The van der Waals surface area contributed by atoms with E-state index in [0.717, 1.165) is 12.1 Å². The van der Waals surface area contributed by atoms with Crippen molar-refractivity contribution >= 4 is 11.7 Å². The van der Waals surface area contributed by atoms with Crippen molar-refractivity contribution in [3.63, 3.8) is 0 Å². The van der Waals surface area contributed by atoms with Crippen LogP contribution in [0, 0.1) is 0 Å². The van der Waals surface area contributed by atoms with Crippen LogP contribution in [0.4, 0.5) is 0 Å². The highest BCUT2D eigenvalue weighted by atomic mass is 15.3. The molecule has 0 atom stereocenters. The molecule has 0 aliphatic heterocycles. The summed E-state index contributed by atoms with van der Waals surface area (Å²) in [6.45, 7) is 6.28. The predicted molar refractivity (Wildman–Crippen MR) is 73.0 cm³/mol. The Morgan fingerprint density at radius 3 is 2.24 bits per heavy atom. The molecule has 0 fully saturated rings. The molecule has 0 saturated carbocycles. The fourth-order valence-corrected chi connectivity index (χ4v) is 1.81. The molecule has 0 aliphatic carbocycles. The van der Waals surface area contributed by atoms with Gasteiger partial charge in [-0.15, -0.1) is 5.10 Å². The number of benzene rings is 1. The zero-order chi connectivity index (χ0) is 12.9. The zero-order valence-electron chi connectivity index (χ0n) is 10.6. The van der Waals surface area contributed by atoms with E-state index in [1.165, 1.54) is 5.56 Å². The van der Waals surface area contributed by atoms with E-state index < -0.39 is 0 Å². The maximum atomic E-state index is 5.24. The van der Waals surface area contributed by atoms with Gasteiger partial charge in [0, 0.05) is 5.71 Å². The van der Waals surface area contributed by atoms with Crippen LogP contribution in [0.5, 0.6) is 0 Å². The van der Waals surface area contributed by atoms with Gasteiger partial charge in [-0.25, -0.2) is 0 Å². The van der Waals surface area contributed by atoms with E-state index in [1.54, 1.807) is 0 Å². The topological polar surface area (TPSA) is 76.8 Å². The highest BCUT2D eigenvalue weighted by Gasteiger charge is 2.21. The Kier molecular flexibility index (Phi) is 4.26. The molecule has 4 nitrogen and oxygen atoms in total. The van der Waals surface area contributed by atoms with Gasteiger partial charge in [-0.1, -0.05) is 44.2 Å². The second-order valence-corrected chi connectivity index (χ2v) is 4.79. The van der Waals surface area contributed by atoms with E-state index >= 15 is 0 Å². The summed E-state index contributed by atoms with van der Waals surface area (Å²) >= 11 is 0. The van der Waals surface area contributed by atoms with Gasteiger partial charge in [0.2, 0.25) is 5.96 Å². The Balaban J connectivity index is 2.80. The van der Waals surface area contributed by atoms with Gasteiger partial charge in [0.05, 0.1) is 0 Å². The number of nitrogens with two attached hydrogens (primary N) is 2. The molecule has 0 saturated heterocycles. The maximum absolute atomic E-state index is 5.24. The van der Waals surface area contributed by atoms with Crippen molar-refractivity contribution in [2.75, 3.05) is 0 Å². The summed E-state index contributed by atoms with van der Waals surface area (Å²) in [6, 6.07) is 10.3. The minimum Gasteiger partial charge on any atom is -0.369 e. The Bertz CT molecular complexity index is 414. The van der Waals surface area contributed by atoms with Crippen molar-refractivity contribution in [3.8, 4) is 0 Å². The lowest BCUT2D eigenvalue weighted by atomic mass is 9.80. The van der Waals surface area contributed by atoms with Crippen LogP contribution in [-0.4, -0.2) is 11.7 Å². The molecule has 0 aliphatic rings. The van der Waals surface area contributed by atoms with E-state index in [-0.39, 0.29) is 11.4 Å². The fourth-order valence-electron chi connectivity index (χ4n) is 1.81. The largest absolute Gasteiger partial charge is 0.369 e. The number of rotatable bonds is 4. The van der Waals surface area contributed by atoms with Gasteiger partial charge in [0.25, 0.3) is 0 Å². The molecule has 17 heavy (non-hydrogen) atoms. The van der Waals surface area contributed by atoms with Crippen LogP contribution < -0.4 is 11.5 Å². The molecule has 1 rings (SSSR count). The van der Waals surface area contributed by atoms with Crippen molar-refractivity contribution in [1.82, 2.24) is 0 Å². The van der Waals surface area contributed by atoms with E-state index in [0.29, 0.717) is 0 Å². The molecule has 0 bridgehead atoms. The monoisotopic (exact) mass is 232 g/mol. The summed E-state index contributed by atoms with van der Waals surface area (Å²) < 4.78 is 0. The van der Waals surface area contributed by atoms with Crippen LogP contribution in [0.1, 0.15) is 32.8 Å². The lowest BCUT2D eigenvalue weighted by Crippen LogP contribution is -2.23. The first kappa shape index (κ1) is 13.2. The van der Waals surface area contributed by atoms with E-state index in [4.69, 9.17) is 11.5 Å². The summed E-state index contributed by atoms with van der Waals surface area (Å²) in [6.07, 6.45) is 0.813. The van der Waals surface area contributed by atoms with Gasteiger partial charge in [0.1, 0.15) is 0 Å². The Morgan fingerprint density at radius 2 is 1.71 bits per heavy atom. The van der Waals surface area contributed by atoms with Crippen LogP contribution >= 0.6 is 0 Å². The van der Waals surface area contributed by atoms with Gasteiger partial charge in [-0.3, -0.25) is 0 Å². The van der Waals surface area contributed by atoms with Crippen molar-refractivity contribution in [3.05, 3.63) is 35.9 Å². The van der Waals surface area contributed by atoms with Gasteiger partial charge in [-0.2, -0.15) is 5.10 Å². The average Bonchev–Trinajstić information content (AvgIpc) is 2.27. The van der Waals surface area contributed by atoms with Crippen LogP contribution in [0.3, 0.4) is 0 Å². The van der Waals surface area contributed by atoms with E-state index in [9.17, 15) is 0 Å². The normalized spacial score (nSPS) is 12.3. The first-order chi connectivity index (χ1) is 7.92. The Labute approximate surface area is 102 Å². The quantitative estimate of drug-likeness (QED) is 0.473. The predicted octanol–water partition coefficient (Wildman–Crippen LogP) is 2.00. The molecule has 0 spiro atoms. The summed E-state index contributed by atoms with van der Waals surface area (Å²) in [5.74, 6) is -0.0122. The van der Waals surface area contributed by atoms with E-state index in [1.807, 2.05) is 25.1 Å². The minimum absolute atomic E-state index is 0.0122. The summed E-state index contributed by atoms with van der Waals surface area (Å²) in [7, 11) is 0. The minimum atomic E-state index is -0.0122. The van der Waals surface area contributed by atoms with Gasteiger partial charge in [-0.05, 0) is 24.3 Å². The molecule has 0 heterocycles. The van der Waals surface area contributed by atoms with Crippen LogP contribution in [-0.2, 0) is 5.41 Å². The van der Waals surface area contributed by atoms with Crippen LogP contribution in [0.15, 0.2) is 40.5 Å². The van der Waals surface area contributed by atoms with Gasteiger partial charge in [0.15, 0.2) is 0 Å². The highest BCUT2D eigenvalue weighted by molar-refractivity contribution is 5.84. The molecular formula is C13H20N4. The lowest BCUT2D eigenvalue weighted by Gasteiger charge is -2.24. The maximum Gasteiger partial charge on any atom is 0.211 e. The molecule has 4 heteroatoms. The second kappa shape index (κ2) is 5.48. The number of hydrogen-bond acceptors (Lipinski definition) is 2. The molecule has 0 aromatic heterocycles. The van der Waals surface area contributed by atoms with Gasteiger partial charge >= 0.3 is 0 Å². The summed E-state index contributed by atoms with van der Waals surface area (Å²) in [5, 5.41) is 7.65. The smallest absolute Gasteiger partial charge is 0.211 e. The third-order valence-electron chi connectivity index (χ3n) is 2.59. The molecule has 0 radical (unpaired) electrons. The van der Waals surface area contributed by atoms with E-state index in [2.05, 4.69) is 36.2 Å². The summed E-state index contributed by atoms with van der Waals surface area (Å²) in [5.41, 5.74) is 12.7. The van der Waals surface area contributed by atoms with Crippen LogP contribution in [0.2, 0.25) is 0 Å². The molecular weight excluding hydrogens is 212 g/mol. The van der Waals surface area contributed by atoms with Crippen LogP contribution in [0.25, 0.3) is 0 Å². The van der Waals surface area contributed by atoms with Crippen molar-refractivity contribution in [1.29, 1.82) is 0 Å². The van der Waals surface area contributed by atoms with Crippen molar-refractivity contribution in [2.45, 2.75) is 32.6 Å². The molecule has 1 aromatic rings. The first-order valence-electron chi connectivity index (χ1n) is 5.59.